The fourth-order valence-corrected chi connectivity index (χ4v) is 3.35. The largest absolute Gasteiger partial charge is 0.358 e. The molecule has 1 aromatic heterocycles. The van der Waals surface area contributed by atoms with E-state index in [1.165, 1.54) is 23.4 Å². The average molecular weight is 321 g/mol. The Kier molecular flexibility index (Phi) is 4.65. The van der Waals surface area contributed by atoms with E-state index in [0.717, 1.165) is 0 Å². The van der Waals surface area contributed by atoms with Crippen LogP contribution in [0.5, 0.6) is 0 Å². The van der Waals surface area contributed by atoms with Crippen LogP contribution < -0.4 is 5.32 Å². The van der Waals surface area contributed by atoms with Crippen LogP contribution in [0.15, 0.2) is 41.8 Å². The number of benzene rings is 1. The molecule has 1 heterocycles. The van der Waals surface area contributed by atoms with E-state index in [9.17, 15) is 13.2 Å². The van der Waals surface area contributed by atoms with Crippen LogP contribution in [0.4, 0.5) is 0 Å². The highest BCUT2D eigenvalue weighted by Gasteiger charge is 2.24. The van der Waals surface area contributed by atoms with E-state index in [4.69, 9.17) is 0 Å². The van der Waals surface area contributed by atoms with Crippen LogP contribution in [0.3, 0.4) is 0 Å². The fraction of sp³-hybridized carbons (Fsp3) is 0.333. The van der Waals surface area contributed by atoms with Gasteiger partial charge in [0.05, 0.1) is 0 Å². The first kappa shape index (κ1) is 16.2. The highest BCUT2D eigenvalue weighted by Crippen LogP contribution is 2.19. The third kappa shape index (κ3) is 3.36. The van der Waals surface area contributed by atoms with Crippen molar-refractivity contribution in [2.24, 2.45) is 0 Å². The molecule has 0 aliphatic heterocycles. The van der Waals surface area contributed by atoms with Gasteiger partial charge in [-0.1, -0.05) is 26.0 Å². The van der Waals surface area contributed by atoms with Crippen molar-refractivity contribution in [1.82, 2.24) is 14.9 Å². The maximum atomic E-state index is 12.3. The first-order valence-corrected chi connectivity index (χ1v) is 8.57. The molecule has 0 saturated heterocycles. The fourth-order valence-electron chi connectivity index (χ4n) is 2.05. The highest BCUT2D eigenvalue weighted by molar-refractivity contribution is 7.92. The molecule has 0 aliphatic carbocycles. The van der Waals surface area contributed by atoms with Crippen molar-refractivity contribution >= 4 is 15.7 Å². The standard InChI is InChI=1S/C15H19N3O3S/c1-11(2)12-4-6-13(7-5-12)18-9-8-17-15(18)22(20,21)10-14(19)16-3/h4-9,11H,10H2,1-3H3,(H,16,19). The van der Waals surface area contributed by atoms with Crippen molar-refractivity contribution in [3.05, 3.63) is 42.2 Å². The molecule has 2 aromatic rings. The topological polar surface area (TPSA) is 81.1 Å². The molecular weight excluding hydrogens is 302 g/mol. The van der Waals surface area contributed by atoms with Gasteiger partial charge in [0.25, 0.3) is 0 Å². The zero-order valence-electron chi connectivity index (χ0n) is 12.8. The van der Waals surface area contributed by atoms with Crippen LogP contribution in [0, 0.1) is 0 Å². The van der Waals surface area contributed by atoms with Crippen molar-refractivity contribution in [1.29, 1.82) is 0 Å². The summed E-state index contributed by atoms with van der Waals surface area (Å²) in [5, 5.41) is 2.18. The molecule has 0 radical (unpaired) electrons. The number of hydrogen-bond acceptors (Lipinski definition) is 4. The van der Waals surface area contributed by atoms with E-state index in [0.29, 0.717) is 11.6 Å². The van der Waals surface area contributed by atoms with Crippen molar-refractivity contribution in [2.75, 3.05) is 12.8 Å². The summed E-state index contributed by atoms with van der Waals surface area (Å²) in [6.45, 7) is 4.18. The molecule has 2 rings (SSSR count). The van der Waals surface area contributed by atoms with E-state index in [1.807, 2.05) is 24.3 Å². The van der Waals surface area contributed by atoms with Gasteiger partial charge in [0.2, 0.25) is 20.9 Å². The molecule has 22 heavy (non-hydrogen) atoms. The Labute approximate surface area is 130 Å². The lowest BCUT2D eigenvalue weighted by Crippen LogP contribution is -2.28. The smallest absolute Gasteiger partial charge is 0.235 e. The zero-order chi connectivity index (χ0) is 16.3. The molecule has 7 heteroatoms. The summed E-state index contributed by atoms with van der Waals surface area (Å²) in [7, 11) is -2.40. The Bertz CT molecular complexity index is 762. The molecule has 0 unspecified atom stereocenters. The monoisotopic (exact) mass is 321 g/mol. The Hall–Kier alpha value is -2.15. The Morgan fingerprint density at radius 3 is 2.45 bits per heavy atom. The molecule has 1 N–H and O–H groups in total. The van der Waals surface area contributed by atoms with E-state index in [-0.39, 0.29) is 5.16 Å². The minimum Gasteiger partial charge on any atom is -0.358 e. The Morgan fingerprint density at radius 2 is 1.91 bits per heavy atom. The molecule has 0 fully saturated rings. The molecule has 0 spiro atoms. The minimum atomic E-state index is -3.79. The molecule has 1 aromatic carbocycles. The van der Waals surface area contributed by atoms with Crippen LogP contribution in [-0.4, -0.2) is 36.7 Å². The van der Waals surface area contributed by atoms with Crippen LogP contribution in [0.1, 0.15) is 25.3 Å². The van der Waals surface area contributed by atoms with Gasteiger partial charge in [0.15, 0.2) is 0 Å². The number of aromatic nitrogens is 2. The van der Waals surface area contributed by atoms with Crippen molar-refractivity contribution in [3.8, 4) is 5.69 Å². The molecule has 0 bridgehead atoms. The first-order valence-electron chi connectivity index (χ1n) is 6.92. The van der Waals surface area contributed by atoms with Crippen molar-refractivity contribution in [2.45, 2.75) is 24.9 Å². The van der Waals surface area contributed by atoms with E-state index in [1.54, 1.807) is 6.20 Å². The number of nitrogens with zero attached hydrogens (tertiary/aromatic N) is 2. The van der Waals surface area contributed by atoms with E-state index in [2.05, 4.69) is 24.1 Å². The number of carbonyl (C=O) groups excluding carboxylic acids is 1. The van der Waals surface area contributed by atoms with E-state index < -0.39 is 21.5 Å². The van der Waals surface area contributed by atoms with Crippen molar-refractivity contribution in [3.63, 3.8) is 0 Å². The van der Waals surface area contributed by atoms with Gasteiger partial charge in [0.1, 0.15) is 5.75 Å². The van der Waals surface area contributed by atoms with Gasteiger partial charge in [-0.15, -0.1) is 0 Å². The van der Waals surface area contributed by atoms with Gasteiger partial charge in [-0.25, -0.2) is 13.4 Å². The summed E-state index contributed by atoms with van der Waals surface area (Å²) >= 11 is 0. The molecule has 0 aliphatic rings. The molecule has 6 nitrogen and oxygen atoms in total. The van der Waals surface area contributed by atoms with Gasteiger partial charge in [-0.3, -0.25) is 9.36 Å². The molecule has 118 valence electrons. The zero-order valence-corrected chi connectivity index (χ0v) is 13.6. The SMILES string of the molecule is CNC(=O)CS(=O)(=O)c1nccn1-c1ccc(C(C)C)cc1. The second-order valence-electron chi connectivity index (χ2n) is 5.26. The van der Waals surface area contributed by atoms with Crippen LogP contribution >= 0.6 is 0 Å². The predicted octanol–water partition coefficient (Wildman–Crippen LogP) is 1.52. The lowest BCUT2D eigenvalue weighted by Gasteiger charge is -2.10. The number of imidazole rings is 1. The number of nitrogens with one attached hydrogen (secondary N) is 1. The summed E-state index contributed by atoms with van der Waals surface area (Å²) in [5.41, 5.74) is 1.86. The number of amides is 1. The summed E-state index contributed by atoms with van der Waals surface area (Å²) in [6, 6.07) is 7.59. The number of rotatable bonds is 5. The maximum Gasteiger partial charge on any atom is 0.235 e. The van der Waals surface area contributed by atoms with Crippen LogP contribution in [0.2, 0.25) is 0 Å². The second-order valence-corrected chi connectivity index (χ2v) is 7.14. The third-order valence-electron chi connectivity index (χ3n) is 3.32. The van der Waals surface area contributed by atoms with Gasteiger partial charge < -0.3 is 5.32 Å². The maximum absolute atomic E-state index is 12.3. The summed E-state index contributed by atoms with van der Waals surface area (Å²) < 4.78 is 26.1. The van der Waals surface area contributed by atoms with Crippen LogP contribution in [-0.2, 0) is 14.6 Å². The van der Waals surface area contributed by atoms with Gasteiger partial charge in [0, 0.05) is 25.1 Å². The third-order valence-corrected chi connectivity index (χ3v) is 4.82. The molecular formula is C15H19N3O3S. The number of sulfone groups is 1. The van der Waals surface area contributed by atoms with Gasteiger partial charge in [-0.2, -0.15) is 0 Å². The summed E-state index contributed by atoms with van der Waals surface area (Å²) in [5.74, 6) is -0.789. The summed E-state index contributed by atoms with van der Waals surface area (Å²) in [6.07, 6.45) is 2.98. The lowest BCUT2D eigenvalue weighted by molar-refractivity contribution is -0.118. The number of carbonyl (C=O) groups is 1. The van der Waals surface area contributed by atoms with Gasteiger partial charge >= 0.3 is 0 Å². The molecule has 1 amide bonds. The van der Waals surface area contributed by atoms with Gasteiger partial charge in [-0.05, 0) is 23.6 Å². The quantitative estimate of drug-likeness (QED) is 0.905. The minimum absolute atomic E-state index is 0.131. The lowest BCUT2D eigenvalue weighted by atomic mass is 10.0. The molecule has 0 saturated carbocycles. The van der Waals surface area contributed by atoms with Crippen LogP contribution in [0.25, 0.3) is 5.69 Å². The average Bonchev–Trinajstić information content (AvgIpc) is 2.97. The predicted molar refractivity (Wildman–Crippen MR) is 83.8 cm³/mol. The molecule has 0 atom stereocenters. The summed E-state index contributed by atoms with van der Waals surface area (Å²) in [4.78, 5) is 15.3. The number of hydrogen-bond donors (Lipinski definition) is 1. The Balaban J connectivity index is 2.39. The Morgan fingerprint density at radius 1 is 1.27 bits per heavy atom. The van der Waals surface area contributed by atoms with E-state index >= 15 is 0 Å². The highest BCUT2D eigenvalue weighted by atomic mass is 32.2. The first-order chi connectivity index (χ1) is 10.3. The second kappa shape index (κ2) is 6.31. The normalized spacial score (nSPS) is 11.6. The van der Waals surface area contributed by atoms with Crippen molar-refractivity contribution < 1.29 is 13.2 Å².